The molecule has 0 heterocycles. The van der Waals surface area contributed by atoms with Crippen molar-refractivity contribution in [2.75, 3.05) is 32.9 Å². The molecule has 0 aliphatic carbocycles. The fourth-order valence-corrected chi connectivity index (χ4v) is 2.11. The number of nitrogens with zero attached hydrogens (tertiary/aromatic N) is 2. The topological polar surface area (TPSA) is 123 Å². The molecule has 1 aromatic rings. The van der Waals surface area contributed by atoms with Gasteiger partial charge in [-0.3, -0.25) is 4.79 Å². The smallest absolute Gasteiger partial charge is 0.338 e. The Hall–Kier alpha value is -2.89. The van der Waals surface area contributed by atoms with Crippen LogP contribution in [0.4, 0.5) is 0 Å². The van der Waals surface area contributed by atoms with E-state index in [4.69, 9.17) is 20.2 Å². The van der Waals surface area contributed by atoms with Crippen molar-refractivity contribution in [2.24, 2.45) is 0 Å². The predicted molar refractivity (Wildman–Crippen MR) is 93.7 cm³/mol. The van der Waals surface area contributed by atoms with E-state index in [0.29, 0.717) is 18.7 Å². The standard InChI is InChI=1S/C18H23N3O5/c1-2-26-18(25)15-5-3-14(4-6-15)12-20-13-16(11-19)17(24)21(7-9-22)8-10-23/h3-6,13,20,22-23H,2,7-10,12H2,1H3/b16-13-. The summed E-state index contributed by atoms with van der Waals surface area (Å²) in [5, 5.41) is 29.9. The molecule has 8 nitrogen and oxygen atoms in total. The van der Waals surface area contributed by atoms with Gasteiger partial charge >= 0.3 is 5.97 Å². The molecule has 0 bridgehead atoms. The van der Waals surface area contributed by atoms with E-state index in [9.17, 15) is 9.59 Å². The molecule has 0 aromatic heterocycles. The number of aliphatic hydroxyl groups is 2. The Morgan fingerprint density at radius 3 is 2.35 bits per heavy atom. The maximum absolute atomic E-state index is 12.2. The zero-order valence-electron chi connectivity index (χ0n) is 14.6. The van der Waals surface area contributed by atoms with Gasteiger partial charge in [0, 0.05) is 25.8 Å². The average Bonchev–Trinajstić information content (AvgIpc) is 2.65. The summed E-state index contributed by atoms with van der Waals surface area (Å²) < 4.78 is 4.91. The fourth-order valence-electron chi connectivity index (χ4n) is 2.11. The molecule has 0 spiro atoms. The highest BCUT2D eigenvalue weighted by atomic mass is 16.5. The van der Waals surface area contributed by atoms with E-state index in [2.05, 4.69) is 5.32 Å². The summed E-state index contributed by atoms with van der Waals surface area (Å²) in [7, 11) is 0. The summed E-state index contributed by atoms with van der Waals surface area (Å²) >= 11 is 0. The predicted octanol–water partition coefficient (Wildman–Crippen LogP) is 0.174. The Kier molecular flexibility index (Phi) is 9.46. The minimum absolute atomic E-state index is 0.0355. The molecule has 0 unspecified atom stereocenters. The second-order valence-corrected chi connectivity index (χ2v) is 5.21. The van der Waals surface area contributed by atoms with Crippen molar-refractivity contribution >= 4 is 11.9 Å². The second-order valence-electron chi connectivity index (χ2n) is 5.21. The van der Waals surface area contributed by atoms with Crippen LogP contribution in [0.25, 0.3) is 0 Å². The molecule has 1 aromatic carbocycles. The van der Waals surface area contributed by atoms with E-state index in [1.807, 2.05) is 0 Å². The minimum Gasteiger partial charge on any atom is -0.462 e. The monoisotopic (exact) mass is 361 g/mol. The minimum atomic E-state index is -0.569. The highest BCUT2D eigenvalue weighted by Crippen LogP contribution is 2.07. The highest BCUT2D eigenvalue weighted by Gasteiger charge is 2.17. The highest BCUT2D eigenvalue weighted by molar-refractivity contribution is 5.97. The van der Waals surface area contributed by atoms with Crippen molar-refractivity contribution in [1.29, 1.82) is 5.26 Å². The van der Waals surface area contributed by atoms with Crippen LogP contribution >= 0.6 is 0 Å². The zero-order chi connectivity index (χ0) is 19.4. The Bertz CT molecular complexity index is 658. The number of aliphatic hydroxyl groups excluding tert-OH is 2. The SMILES string of the molecule is CCOC(=O)c1ccc(CN/C=C(/C#N)C(=O)N(CCO)CCO)cc1. The molecular formula is C18H23N3O5. The van der Waals surface area contributed by atoms with Gasteiger partial charge in [-0.05, 0) is 24.6 Å². The first-order chi connectivity index (χ1) is 12.6. The fraction of sp³-hybridized carbons (Fsp3) is 0.389. The first kappa shape index (κ1) is 21.2. The third-order valence-corrected chi connectivity index (χ3v) is 3.40. The molecule has 0 radical (unpaired) electrons. The molecular weight excluding hydrogens is 338 g/mol. The average molecular weight is 361 g/mol. The second kappa shape index (κ2) is 11.6. The number of benzene rings is 1. The van der Waals surface area contributed by atoms with Crippen LogP contribution in [0.1, 0.15) is 22.8 Å². The molecule has 0 saturated heterocycles. The number of amides is 1. The van der Waals surface area contributed by atoms with Crippen molar-refractivity contribution in [2.45, 2.75) is 13.5 Å². The van der Waals surface area contributed by atoms with Crippen LogP contribution in [-0.4, -0.2) is 59.9 Å². The van der Waals surface area contributed by atoms with E-state index < -0.39 is 11.9 Å². The van der Waals surface area contributed by atoms with Crippen LogP contribution in [0.2, 0.25) is 0 Å². The van der Waals surface area contributed by atoms with Gasteiger partial charge in [-0.15, -0.1) is 0 Å². The maximum Gasteiger partial charge on any atom is 0.338 e. The van der Waals surface area contributed by atoms with Crippen LogP contribution in [0.15, 0.2) is 36.0 Å². The molecule has 0 fully saturated rings. The summed E-state index contributed by atoms with van der Waals surface area (Å²) in [6.45, 7) is 1.94. The number of rotatable bonds is 10. The lowest BCUT2D eigenvalue weighted by molar-refractivity contribution is -0.127. The van der Waals surface area contributed by atoms with Gasteiger partial charge in [-0.2, -0.15) is 5.26 Å². The third-order valence-electron chi connectivity index (χ3n) is 3.40. The Morgan fingerprint density at radius 2 is 1.85 bits per heavy atom. The van der Waals surface area contributed by atoms with Crippen molar-refractivity contribution in [3.63, 3.8) is 0 Å². The van der Waals surface area contributed by atoms with Gasteiger partial charge in [0.15, 0.2) is 0 Å². The normalized spacial score (nSPS) is 10.8. The Morgan fingerprint density at radius 1 is 1.23 bits per heavy atom. The molecule has 140 valence electrons. The summed E-state index contributed by atoms with van der Waals surface area (Å²) in [4.78, 5) is 25.0. The largest absolute Gasteiger partial charge is 0.462 e. The number of hydrogen-bond acceptors (Lipinski definition) is 7. The number of hydrogen-bond donors (Lipinski definition) is 3. The van der Waals surface area contributed by atoms with E-state index >= 15 is 0 Å². The van der Waals surface area contributed by atoms with Crippen LogP contribution in [-0.2, 0) is 16.1 Å². The number of carbonyl (C=O) groups excluding carboxylic acids is 2. The molecule has 0 atom stereocenters. The number of carbonyl (C=O) groups is 2. The summed E-state index contributed by atoms with van der Waals surface area (Å²) in [6, 6.07) is 8.56. The van der Waals surface area contributed by atoms with Crippen molar-refractivity contribution in [3.05, 3.63) is 47.2 Å². The van der Waals surface area contributed by atoms with E-state index in [-0.39, 0.29) is 31.9 Å². The van der Waals surface area contributed by atoms with E-state index in [0.717, 1.165) is 5.56 Å². The summed E-state index contributed by atoms with van der Waals surface area (Å²) in [5.41, 5.74) is 1.17. The van der Waals surface area contributed by atoms with Gasteiger partial charge in [-0.1, -0.05) is 12.1 Å². The summed E-state index contributed by atoms with van der Waals surface area (Å²) in [5.74, 6) is -0.960. The number of nitriles is 1. The van der Waals surface area contributed by atoms with E-state index in [1.165, 1.54) is 11.1 Å². The third kappa shape index (κ3) is 6.55. The molecule has 8 heteroatoms. The quantitative estimate of drug-likeness (QED) is 0.308. The van der Waals surface area contributed by atoms with Crippen LogP contribution in [0, 0.1) is 11.3 Å². The number of ether oxygens (including phenoxy) is 1. The first-order valence-electron chi connectivity index (χ1n) is 8.18. The Labute approximate surface area is 152 Å². The van der Waals surface area contributed by atoms with Crippen molar-refractivity contribution in [1.82, 2.24) is 10.2 Å². The lowest BCUT2D eigenvalue weighted by Gasteiger charge is -2.20. The molecule has 1 rings (SSSR count). The van der Waals surface area contributed by atoms with Crippen LogP contribution in [0.5, 0.6) is 0 Å². The molecule has 0 aliphatic rings. The van der Waals surface area contributed by atoms with Crippen molar-refractivity contribution in [3.8, 4) is 6.07 Å². The molecule has 3 N–H and O–H groups in total. The van der Waals surface area contributed by atoms with Gasteiger partial charge in [0.1, 0.15) is 11.6 Å². The maximum atomic E-state index is 12.2. The summed E-state index contributed by atoms with van der Waals surface area (Å²) in [6.07, 6.45) is 1.29. The van der Waals surface area contributed by atoms with Gasteiger partial charge in [0.05, 0.1) is 25.4 Å². The molecule has 1 amide bonds. The van der Waals surface area contributed by atoms with Gasteiger partial charge < -0.3 is 25.2 Å². The first-order valence-corrected chi connectivity index (χ1v) is 8.18. The lowest BCUT2D eigenvalue weighted by atomic mass is 10.1. The molecule has 26 heavy (non-hydrogen) atoms. The Balaban J connectivity index is 2.68. The number of esters is 1. The molecule has 0 aliphatic heterocycles. The number of nitrogens with one attached hydrogen (secondary N) is 1. The van der Waals surface area contributed by atoms with Gasteiger partial charge in [0.2, 0.25) is 0 Å². The zero-order valence-corrected chi connectivity index (χ0v) is 14.6. The van der Waals surface area contributed by atoms with Gasteiger partial charge in [0.25, 0.3) is 5.91 Å². The van der Waals surface area contributed by atoms with Gasteiger partial charge in [-0.25, -0.2) is 4.79 Å². The van der Waals surface area contributed by atoms with Crippen LogP contribution in [0.3, 0.4) is 0 Å². The van der Waals surface area contributed by atoms with Crippen molar-refractivity contribution < 1.29 is 24.5 Å². The van der Waals surface area contributed by atoms with E-state index in [1.54, 1.807) is 37.3 Å². The lowest BCUT2D eigenvalue weighted by Crippen LogP contribution is -2.37. The van der Waals surface area contributed by atoms with Crippen LogP contribution < -0.4 is 5.32 Å². The molecule has 0 saturated carbocycles.